The summed E-state index contributed by atoms with van der Waals surface area (Å²) in [5.41, 5.74) is 0. The van der Waals surface area contributed by atoms with Crippen molar-refractivity contribution in [3.8, 4) is 0 Å². The fourth-order valence-electron chi connectivity index (χ4n) is 0.437. The predicted molar refractivity (Wildman–Crippen MR) is 50.3 cm³/mol. The molecule has 80 valence electrons. The molecule has 4 heteroatoms. The minimum atomic E-state index is -0.560. The van der Waals surface area contributed by atoms with Gasteiger partial charge in [0, 0.05) is 6.42 Å². The summed E-state index contributed by atoms with van der Waals surface area (Å²) in [4.78, 5) is 10.4. The van der Waals surface area contributed by atoms with E-state index in [1.54, 1.807) is 0 Å². The highest BCUT2D eigenvalue weighted by Crippen LogP contribution is 1.89. The maximum absolute atomic E-state index is 10.4. The first-order valence-corrected chi connectivity index (χ1v) is 4.52. The molecule has 0 rings (SSSR count). The van der Waals surface area contributed by atoms with Crippen molar-refractivity contribution < 1.29 is 19.7 Å². The maximum atomic E-state index is 10.4. The Hall–Kier alpha value is -0.610. The molecule has 0 heterocycles. The van der Waals surface area contributed by atoms with E-state index in [9.17, 15) is 4.79 Å². The van der Waals surface area contributed by atoms with E-state index >= 15 is 0 Å². The van der Waals surface area contributed by atoms with Crippen molar-refractivity contribution in [1.29, 1.82) is 0 Å². The second-order valence-corrected chi connectivity index (χ2v) is 2.59. The smallest absolute Gasteiger partial charge is 0.305 e. The fourth-order valence-corrected chi connectivity index (χ4v) is 0.437. The zero-order chi connectivity index (χ0) is 10.7. The molecule has 0 radical (unpaired) electrons. The fraction of sp³-hybridized carbons (Fsp3) is 0.889. The Morgan fingerprint density at radius 2 is 1.92 bits per heavy atom. The van der Waals surface area contributed by atoms with Gasteiger partial charge in [-0.3, -0.25) is 4.79 Å². The van der Waals surface area contributed by atoms with Crippen LogP contribution in [0, 0.1) is 0 Å². The Labute approximate surface area is 79.5 Å². The van der Waals surface area contributed by atoms with Crippen LogP contribution < -0.4 is 0 Å². The van der Waals surface area contributed by atoms with E-state index in [0.717, 1.165) is 6.42 Å². The molecule has 13 heavy (non-hydrogen) atoms. The Kier molecular flexibility index (Phi) is 13.0. The minimum absolute atomic E-state index is 0.0880. The number of aliphatic hydroxyl groups is 2. The molecule has 0 amide bonds. The molecule has 0 bridgehead atoms. The molecule has 0 fully saturated rings. The van der Waals surface area contributed by atoms with Gasteiger partial charge < -0.3 is 14.9 Å². The van der Waals surface area contributed by atoms with E-state index in [-0.39, 0.29) is 12.6 Å². The van der Waals surface area contributed by atoms with Crippen molar-refractivity contribution >= 4 is 5.97 Å². The third kappa shape index (κ3) is 18.4. The molecule has 0 aromatic heterocycles. The summed E-state index contributed by atoms with van der Waals surface area (Å²) in [6.45, 7) is 5.66. The standard InChI is InChI=1S/C6H12O2.C3H8O2/c1-3-5-6(7)8-4-2;1-3(5)2-4/h3-5H2,1-2H3;3-5H,2H2,1H3. The van der Waals surface area contributed by atoms with E-state index in [1.165, 1.54) is 6.92 Å². The summed E-state index contributed by atoms with van der Waals surface area (Å²) < 4.78 is 4.64. The normalized spacial score (nSPS) is 11.2. The number of carbonyl (C=O) groups is 1. The van der Waals surface area contributed by atoms with Crippen LogP contribution >= 0.6 is 0 Å². The average Bonchev–Trinajstić information content (AvgIpc) is 2.06. The highest BCUT2D eigenvalue weighted by atomic mass is 16.5. The molecular weight excluding hydrogens is 172 g/mol. The van der Waals surface area contributed by atoms with Crippen LogP contribution in [0.2, 0.25) is 0 Å². The summed E-state index contributed by atoms with van der Waals surface area (Å²) in [5, 5.41) is 16.0. The van der Waals surface area contributed by atoms with Crippen molar-refractivity contribution in [2.24, 2.45) is 0 Å². The minimum Gasteiger partial charge on any atom is -0.466 e. The highest BCUT2D eigenvalue weighted by molar-refractivity contribution is 5.69. The topological polar surface area (TPSA) is 66.8 Å². The first-order chi connectivity index (χ1) is 6.08. The van der Waals surface area contributed by atoms with Gasteiger partial charge in [-0.25, -0.2) is 0 Å². The molecule has 0 saturated carbocycles. The number of ether oxygens (including phenoxy) is 1. The number of aliphatic hydroxyl groups excluding tert-OH is 2. The number of carbonyl (C=O) groups excluding carboxylic acids is 1. The van der Waals surface area contributed by atoms with Crippen LogP contribution in [0.1, 0.15) is 33.6 Å². The number of rotatable bonds is 4. The van der Waals surface area contributed by atoms with E-state index in [4.69, 9.17) is 10.2 Å². The summed E-state index contributed by atoms with van der Waals surface area (Å²) in [6, 6.07) is 0. The molecule has 0 aromatic rings. The number of esters is 1. The molecule has 0 aliphatic heterocycles. The molecule has 0 aliphatic carbocycles. The molecule has 0 saturated heterocycles. The van der Waals surface area contributed by atoms with Crippen molar-refractivity contribution in [1.82, 2.24) is 0 Å². The summed E-state index contributed by atoms with van der Waals surface area (Å²) in [6.07, 6.45) is 0.863. The Morgan fingerprint density at radius 3 is 2.15 bits per heavy atom. The average molecular weight is 192 g/mol. The zero-order valence-electron chi connectivity index (χ0n) is 8.62. The van der Waals surface area contributed by atoms with Gasteiger partial charge in [-0.05, 0) is 20.3 Å². The predicted octanol–water partition coefficient (Wildman–Crippen LogP) is 0.709. The lowest BCUT2D eigenvalue weighted by Crippen LogP contribution is -2.03. The van der Waals surface area contributed by atoms with Crippen molar-refractivity contribution in [2.45, 2.75) is 39.7 Å². The maximum Gasteiger partial charge on any atom is 0.305 e. The van der Waals surface area contributed by atoms with E-state index < -0.39 is 6.10 Å². The molecule has 0 spiro atoms. The van der Waals surface area contributed by atoms with E-state index in [1.807, 2.05) is 13.8 Å². The van der Waals surface area contributed by atoms with Gasteiger partial charge in [-0.15, -0.1) is 0 Å². The van der Waals surface area contributed by atoms with E-state index in [2.05, 4.69) is 4.74 Å². The second-order valence-electron chi connectivity index (χ2n) is 2.59. The third-order valence-electron chi connectivity index (χ3n) is 1.02. The van der Waals surface area contributed by atoms with Crippen LogP contribution in [-0.4, -0.2) is 35.5 Å². The monoisotopic (exact) mass is 192 g/mol. The van der Waals surface area contributed by atoms with Gasteiger partial charge >= 0.3 is 5.97 Å². The summed E-state index contributed by atoms with van der Waals surface area (Å²) >= 11 is 0. The lowest BCUT2D eigenvalue weighted by Gasteiger charge is -1.96. The number of hydrogen-bond donors (Lipinski definition) is 2. The first-order valence-electron chi connectivity index (χ1n) is 4.52. The highest BCUT2D eigenvalue weighted by Gasteiger charge is 1.95. The molecule has 0 aliphatic rings. The molecular formula is C9H20O4. The molecule has 1 atom stereocenters. The lowest BCUT2D eigenvalue weighted by atomic mass is 10.3. The Bertz CT molecular complexity index is 104. The molecule has 4 nitrogen and oxygen atoms in total. The van der Waals surface area contributed by atoms with Crippen LogP contribution in [0.5, 0.6) is 0 Å². The molecule has 1 unspecified atom stereocenters. The summed E-state index contributed by atoms with van der Waals surface area (Å²) in [5.74, 6) is -0.0880. The third-order valence-corrected chi connectivity index (χ3v) is 1.02. The first kappa shape index (κ1) is 14.9. The van der Waals surface area contributed by atoms with Gasteiger partial charge in [0.1, 0.15) is 0 Å². The molecule has 0 aromatic carbocycles. The van der Waals surface area contributed by atoms with Crippen LogP contribution in [0.25, 0.3) is 0 Å². The van der Waals surface area contributed by atoms with Crippen LogP contribution in [0.4, 0.5) is 0 Å². The van der Waals surface area contributed by atoms with E-state index in [0.29, 0.717) is 13.0 Å². The number of hydrogen-bond acceptors (Lipinski definition) is 4. The van der Waals surface area contributed by atoms with Crippen molar-refractivity contribution in [3.63, 3.8) is 0 Å². The second kappa shape index (κ2) is 11.4. The van der Waals surface area contributed by atoms with Gasteiger partial charge in [-0.2, -0.15) is 0 Å². The zero-order valence-corrected chi connectivity index (χ0v) is 8.62. The molecule has 2 N–H and O–H groups in total. The Morgan fingerprint density at radius 1 is 1.46 bits per heavy atom. The van der Waals surface area contributed by atoms with Gasteiger partial charge in [0.05, 0.1) is 19.3 Å². The summed E-state index contributed by atoms with van der Waals surface area (Å²) in [7, 11) is 0. The van der Waals surface area contributed by atoms with Crippen molar-refractivity contribution in [2.75, 3.05) is 13.2 Å². The largest absolute Gasteiger partial charge is 0.466 e. The SMILES string of the molecule is CC(O)CO.CCCC(=O)OCC. The van der Waals surface area contributed by atoms with Gasteiger partial charge in [0.2, 0.25) is 0 Å². The van der Waals surface area contributed by atoms with Gasteiger partial charge in [0.15, 0.2) is 0 Å². The van der Waals surface area contributed by atoms with Crippen LogP contribution in [0.15, 0.2) is 0 Å². The van der Waals surface area contributed by atoms with Crippen LogP contribution in [0.3, 0.4) is 0 Å². The van der Waals surface area contributed by atoms with Crippen LogP contribution in [-0.2, 0) is 9.53 Å². The van der Waals surface area contributed by atoms with Crippen molar-refractivity contribution in [3.05, 3.63) is 0 Å². The van der Waals surface area contributed by atoms with Gasteiger partial charge in [-0.1, -0.05) is 6.92 Å². The quantitative estimate of drug-likeness (QED) is 0.644. The van der Waals surface area contributed by atoms with Gasteiger partial charge in [0.25, 0.3) is 0 Å². The lowest BCUT2D eigenvalue weighted by molar-refractivity contribution is -0.143. The Balaban J connectivity index is 0.